The molecule has 1 atom stereocenters. The second-order valence-corrected chi connectivity index (χ2v) is 9.67. The molecule has 0 radical (unpaired) electrons. The number of thiophene rings is 1. The van der Waals surface area contributed by atoms with Gasteiger partial charge in [0.15, 0.2) is 5.78 Å². The molecule has 6 heteroatoms. The monoisotopic (exact) mass is 403 g/mol. The van der Waals surface area contributed by atoms with Gasteiger partial charge >= 0.3 is 0 Å². The molecule has 2 heterocycles. The van der Waals surface area contributed by atoms with E-state index in [9.17, 15) is 13.8 Å². The molecule has 0 fully saturated rings. The molecule has 3 rings (SSSR count). The van der Waals surface area contributed by atoms with E-state index in [1.54, 1.807) is 18.3 Å². The zero-order valence-corrected chi connectivity index (χ0v) is 17.9. The van der Waals surface area contributed by atoms with E-state index in [0.29, 0.717) is 24.4 Å². The Morgan fingerprint density at radius 2 is 1.96 bits per heavy atom. The molecule has 1 aliphatic rings. The third-order valence-electron chi connectivity index (χ3n) is 5.23. The summed E-state index contributed by atoms with van der Waals surface area (Å²) in [5, 5.41) is 2.06. The maximum Gasteiger partial charge on any atom is 0.235 e. The highest BCUT2D eigenvalue weighted by molar-refractivity contribution is 7.84. The summed E-state index contributed by atoms with van der Waals surface area (Å²) < 4.78 is 12.7. The fourth-order valence-corrected chi connectivity index (χ4v) is 6.11. The third kappa shape index (κ3) is 4.22. The van der Waals surface area contributed by atoms with Gasteiger partial charge in [0.1, 0.15) is 5.75 Å². The standard InChI is InChI=1S/C21H25NO3S2/c1-13-9-14(2)21(16(4)23)15(3)18(13)11-27(25)12-20(24)22-7-5-19-17(10-22)6-8-26-19/h6,8-9H,5,7,10-12H2,1-4H3/t27-/m0/s1. The van der Waals surface area contributed by atoms with Gasteiger partial charge in [-0.05, 0) is 73.4 Å². The van der Waals surface area contributed by atoms with Crippen LogP contribution in [0.3, 0.4) is 0 Å². The normalized spacial score (nSPS) is 14.7. The van der Waals surface area contributed by atoms with Crippen molar-refractivity contribution in [3.63, 3.8) is 0 Å². The Balaban J connectivity index is 1.70. The van der Waals surface area contributed by atoms with E-state index in [0.717, 1.165) is 28.7 Å². The molecule has 0 spiro atoms. The Morgan fingerprint density at radius 3 is 2.67 bits per heavy atom. The molecule has 0 N–H and O–H groups in total. The van der Waals surface area contributed by atoms with Crippen molar-refractivity contribution in [3.8, 4) is 0 Å². The molecule has 27 heavy (non-hydrogen) atoms. The van der Waals surface area contributed by atoms with Crippen LogP contribution in [0.25, 0.3) is 0 Å². The molecule has 0 saturated heterocycles. The highest BCUT2D eigenvalue weighted by atomic mass is 32.2. The van der Waals surface area contributed by atoms with Crippen molar-refractivity contribution in [2.45, 2.75) is 46.4 Å². The average Bonchev–Trinajstić information content (AvgIpc) is 3.05. The number of nitrogens with zero attached hydrogens (tertiary/aromatic N) is 1. The van der Waals surface area contributed by atoms with E-state index in [4.69, 9.17) is 0 Å². The number of hydrogen-bond acceptors (Lipinski definition) is 4. The molecule has 1 aliphatic heterocycles. The summed E-state index contributed by atoms with van der Waals surface area (Å²) in [4.78, 5) is 27.7. The van der Waals surface area contributed by atoms with Crippen LogP contribution in [-0.2, 0) is 34.3 Å². The summed E-state index contributed by atoms with van der Waals surface area (Å²) in [5.41, 5.74) is 5.71. The molecule has 0 unspecified atom stereocenters. The minimum Gasteiger partial charge on any atom is -0.337 e. The second-order valence-electron chi connectivity index (χ2n) is 7.21. The fourth-order valence-electron chi connectivity index (χ4n) is 3.89. The Kier molecular flexibility index (Phi) is 5.96. The van der Waals surface area contributed by atoms with E-state index in [1.807, 2.05) is 31.7 Å². The number of benzene rings is 1. The van der Waals surface area contributed by atoms with Crippen LogP contribution in [-0.4, -0.2) is 33.1 Å². The molecule has 1 aromatic carbocycles. The summed E-state index contributed by atoms with van der Waals surface area (Å²) in [6.45, 7) is 8.68. The fraction of sp³-hybridized carbons (Fsp3) is 0.429. The van der Waals surface area contributed by atoms with Crippen LogP contribution >= 0.6 is 11.3 Å². The van der Waals surface area contributed by atoms with Crippen molar-refractivity contribution in [2.24, 2.45) is 0 Å². The average molecular weight is 404 g/mol. The van der Waals surface area contributed by atoms with Crippen molar-refractivity contribution >= 4 is 33.8 Å². The first-order valence-corrected chi connectivity index (χ1v) is 11.4. The molecular weight excluding hydrogens is 378 g/mol. The molecule has 0 saturated carbocycles. The predicted octanol–water partition coefficient (Wildman–Crippen LogP) is 3.71. The van der Waals surface area contributed by atoms with Crippen LogP contribution in [0.5, 0.6) is 0 Å². The number of aryl methyl sites for hydroxylation is 2. The van der Waals surface area contributed by atoms with E-state index in [2.05, 4.69) is 11.4 Å². The largest absolute Gasteiger partial charge is 0.337 e. The van der Waals surface area contributed by atoms with Crippen LogP contribution in [0.4, 0.5) is 0 Å². The summed E-state index contributed by atoms with van der Waals surface area (Å²) in [6, 6.07) is 4.04. The molecule has 144 valence electrons. The van der Waals surface area contributed by atoms with Gasteiger partial charge in [0.05, 0.1) is 0 Å². The van der Waals surface area contributed by atoms with Crippen molar-refractivity contribution in [2.75, 3.05) is 12.3 Å². The van der Waals surface area contributed by atoms with Gasteiger partial charge < -0.3 is 4.90 Å². The Hall–Kier alpha value is -1.79. The predicted molar refractivity (Wildman–Crippen MR) is 111 cm³/mol. The van der Waals surface area contributed by atoms with Crippen molar-refractivity contribution in [1.29, 1.82) is 0 Å². The number of amides is 1. The topological polar surface area (TPSA) is 54.5 Å². The van der Waals surface area contributed by atoms with Gasteiger partial charge in [-0.1, -0.05) is 6.07 Å². The van der Waals surface area contributed by atoms with Gasteiger partial charge in [0, 0.05) is 40.1 Å². The quantitative estimate of drug-likeness (QED) is 0.715. The number of hydrogen-bond donors (Lipinski definition) is 0. The first-order chi connectivity index (χ1) is 12.8. The molecule has 1 aromatic heterocycles. The zero-order valence-electron chi connectivity index (χ0n) is 16.3. The van der Waals surface area contributed by atoms with Crippen LogP contribution < -0.4 is 0 Å². The first kappa shape index (κ1) is 20.0. The lowest BCUT2D eigenvalue weighted by Gasteiger charge is -2.27. The van der Waals surface area contributed by atoms with Crippen molar-refractivity contribution in [1.82, 2.24) is 4.90 Å². The van der Waals surface area contributed by atoms with Crippen LogP contribution in [0, 0.1) is 20.8 Å². The van der Waals surface area contributed by atoms with Crippen LogP contribution in [0.15, 0.2) is 17.5 Å². The molecule has 2 aromatic rings. The summed E-state index contributed by atoms with van der Waals surface area (Å²) in [7, 11) is -1.30. The van der Waals surface area contributed by atoms with Crippen LogP contribution in [0.1, 0.15) is 50.0 Å². The molecule has 0 aliphatic carbocycles. The Bertz CT molecular complexity index is 930. The number of carbonyl (C=O) groups is 2. The van der Waals surface area contributed by atoms with Gasteiger partial charge in [0.2, 0.25) is 5.91 Å². The lowest BCUT2D eigenvalue weighted by Crippen LogP contribution is -2.38. The Labute approximate surface area is 167 Å². The van der Waals surface area contributed by atoms with E-state index < -0.39 is 10.8 Å². The van der Waals surface area contributed by atoms with Gasteiger partial charge in [-0.3, -0.25) is 13.8 Å². The molecule has 1 amide bonds. The minimum absolute atomic E-state index is 0.0213. The molecular formula is C21H25NO3S2. The Morgan fingerprint density at radius 1 is 1.22 bits per heavy atom. The van der Waals surface area contributed by atoms with Crippen LogP contribution in [0.2, 0.25) is 0 Å². The minimum atomic E-state index is -1.30. The van der Waals surface area contributed by atoms with E-state index in [1.165, 1.54) is 10.4 Å². The summed E-state index contributed by atoms with van der Waals surface area (Å²) in [5.74, 6) is 0.302. The van der Waals surface area contributed by atoms with E-state index >= 15 is 0 Å². The van der Waals surface area contributed by atoms with E-state index in [-0.39, 0.29) is 17.4 Å². The maximum atomic E-state index is 12.7. The highest BCUT2D eigenvalue weighted by Crippen LogP contribution is 2.26. The number of Topliss-reactive ketones (excluding diaryl/α,β-unsaturated/α-hetero) is 1. The number of fused-ring (bicyclic) bond motifs is 1. The SMILES string of the molecule is CC(=O)c1c(C)cc(C)c(C[S@](=O)CC(=O)N2CCc3sccc3C2)c1C. The van der Waals surface area contributed by atoms with Crippen molar-refractivity contribution in [3.05, 3.63) is 55.8 Å². The third-order valence-corrected chi connectivity index (χ3v) is 7.44. The lowest BCUT2D eigenvalue weighted by molar-refractivity contribution is -0.129. The maximum absolute atomic E-state index is 12.7. The highest BCUT2D eigenvalue weighted by Gasteiger charge is 2.23. The first-order valence-electron chi connectivity index (χ1n) is 9.06. The van der Waals surface area contributed by atoms with Gasteiger partial charge in [0.25, 0.3) is 0 Å². The van der Waals surface area contributed by atoms with Gasteiger partial charge in [-0.2, -0.15) is 0 Å². The smallest absolute Gasteiger partial charge is 0.235 e. The summed E-state index contributed by atoms with van der Waals surface area (Å²) >= 11 is 1.74. The summed E-state index contributed by atoms with van der Waals surface area (Å²) in [6.07, 6.45) is 0.878. The second kappa shape index (κ2) is 8.07. The molecule has 0 bridgehead atoms. The number of ketones is 1. The zero-order chi connectivity index (χ0) is 19.7. The number of rotatable bonds is 5. The van der Waals surface area contributed by atoms with Gasteiger partial charge in [-0.15, -0.1) is 11.3 Å². The van der Waals surface area contributed by atoms with Crippen molar-refractivity contribution < 1.29 is 13.8 Å². The molecule has 4 nitrogen and oxygen atoms in total. The lowest BCUT2D eigenvalue weighted by atomic mass is 9.92. The van der Waals surface area contributed by atoms with Gasteiger partial charge in [-0.25, -0.2) is 0 Å². The number of carbonyl (C=O) groups excluding carboxylic acids is 2.